The van der Waals surface area contributed by atoms with Crippen LogP contribution in [0.15, 0.2) is 36.5 Å². The first kappa shape index (κ1) is 12.6. The van der Waals surface area contributed by atoms with E-state index in [0.717, 1.165) is 18.2 Å². The van der Waals surface area contributed by atoms with Gasteiger partial charge in [-0.15, -0.1) is 5.10 Å². The minimum atomic E-state index is -0.855. The fourth-order valence-corrected chi connectivity index (χ4v) is 1.35. The van der Waals surface area contributed by atoms with Crippen LogP contribution in [-0.2, 0) is 0 Å². The molecule has 1 aromatic carbocycles. The van der Waals surface area contributed by atoms with Crippen LogP contribution in [0.25, 0.3) is 0 Å². The highest BCUT2D eigenvalue weighted by molar-refractivity contribution is 6.04. The summed E-state index contributed by atoms with van der Waals surface area (Å²) in [6.07, 6.45) is 1.41. The van der Waals surface area contributed by atoms with Crippen LogP contribution in [0.3, 0.4) is 0 Å². The van der Waals surface area contributed by atoms with Gasteiger partial charge in [0.1, 0.15) is 5.82 Å². The van der Waals surface area contributed by atoms with Crippen molar-refractivity contribution in [3.63, 3.8) is 0 Å². The number of nitro groups is 1. The van der Waals surface area contributed by atoms with Gasteiger partial charge in [0.15, 0.2) is 5.82 Å². The minimum Gasteiger partial charge on any atom is -0.305 e. The largest absolute Gasteiger partial charge is 0.305 e. The normalized spacial score (nSPS) is 9.95. The van der Waals surface area contributed by atoms with Gasteiger partial charge < -0.3 is 5.32 Å². The maximum atomic E-state index is 13.5. The first-order chi connectivity index (χ1) is 9.08. The number of nitro benzene ring substituents is 1. The Bertz CT molecular complexity index is 633. The number of carbonyl (C=O) groups excluding carboxylic acids is 1. The number of rotatable bonds is 3. The highest BCUT2D eigenvalue weighted by atomic mass is 19.1. The van der Waals surface area contributed by atoms with Crippen molar-refractivity contribution >= 4 is 17.4 Å². The van der Waals surface area contributed by atoms with Crippen molar-refractivity contribution in [2.24, 2.45) is 0 Å². The first-order valence-electron chi connectivity index (χ1n) is 5.11. The molecule has 0 aliphatic carbocycles. The SMILES string of the molecule is O=C(Nc1cccnn1)c1cc([N+](=O)[O-])ccc1F. The van der Waals surface area contributed by atoms with Crippen LogP contribution in [0.4, 0.5) is 15.9 Å². The first-order valence-corrected chi connectivity index (χ1v) is 5.11. The smallest absolute Gasteiger partial charge is 0.270 e. The van der Waals surface area contributed by atoms with Crippen molar-refractivity contribution in [3.8, 4) is 0 Å². The molecule has 0 saturated heterocycles. The standard InChI is InChI=1S/C11H7FN4O3/c12-9-4-3-7(16(18)19)6-8(9)11(17)14-10-2-1-5-13-15-10/h1-6H,(H,14,15,17). The number of aromatic nitrogens is 2. The van der Waals surface area contributed by atoms with E-state index in [1.807, 2.05) is 0 Å². The molecule has 1 N–H and O–H groups in total. The van der Waals surface area contributed by atoms with Crippen molar-refractivity contribution in [3.05, 3.63) is 58.0 Å². The van der Waals surface area contributed by atoms with E-state index in [4.69, 9.17) is 0 Å². The predicted octanol–water partition coefficient (Wildman–Crippen LogP) is 1.78. The van der Waals surface area contributed by atoms with Gasteiger partial charge in [-0.25, -0.2) is 4.39 Å². The van der Waals surface area contributed by atoms with Gasteiger partial charge >= 0.3 is 0 Å². The van der Waals surface area contributed by atoms with Crippen molar-refractivity contribution in [1.82, 2.24) is 10.2 Å². The average Bonchev–Trinajstić information content (AvgIpc) is 2.40. The van der Waals surface area contributed by atoms with Crippen LogP contribution in [-0.4, -0.2) is 21.0 Å². The zero-order chi connectivity index (χ0) is 13.8. The number of non-ortho nitro benzene ring substituents is 1. The van der Waals surface area contributed by atoms with Gasteiger partial charge in [-0.05, 0) is 18.2 Å². The lowest BCUT2D eigenvalue weighted by molar-refractivity contribution is -0.384. The summed E-state index contributed by atoms with van der Waals surface area (Å²) in [4.78, 5) is 21.6. The van der Waals surface area contributed by atoms with E-state index in [9.17, 15) is 19.3 Å². The third-order valence-electron chi connectivity index (χ3n) is 2.22. The molecule has 0 radical (unpaired) electrons. The van der Waals surface area contributed by atoms with Crippen LogP contribution >= 0.6 is 0 Å². The van der Waals surface area contributed by atoms with Crippen LogP contribution in [0.1, 0.15) is 10.4 Å². The molecule has 1 aromatic heterocycles. The Hall–Kier alpha value is -2.90. The maximum Gasteiger partial charge on any atom is 0.270 e. The summed E-state index contributed by atoms with van der Waals surface area (Å²) in [7, 11) is 0. The Balaban J connectivity index is 2.28. The fourth-order valence-electron chi connectivity index (χ4n) is 1.35. The molecule has 0 spiro atoms. The quantitative estimate of drug-likeness (QED) is 0.671. The summed E-state index contributed by atoms with van der Waals surface area (Å²) in [6.45, 7) is 0. The summed E-state index contributed by atoms with van der Waals surface area (Å²) < 4.78 is 13.5. The third kappa shape index (κ3) is 2.86. The summed E-state index contributed by atoms with van der Waals surface area (Å²) in [5.41, 5.74) is -0.800. The molecule has 0 unspecified atom stereocenters. The lowest BCUT2D eigenvalue weighted by Gasteiger charge is -2.04. The molecule has 96 valence electrons. The zero-order valence-corrected chi connectivity index (χ0v) is 9.41. The maximum absolute atomic E-state index is 13.5. The Morgan fingerprint density at radius 2 is 2.16 bits per heavy atom. The molecule has 0 atom stereocenters. The molecule has 1 heterocycles. The molecule has 0 fully saturated rings. The summed E-state index contributed by atoms with van der Waals surface area (Å²) in [5.74, 6) is -1.56. The molecule has 2 rings (SSSR count). The Kier molecular flexibility index (Phi) is 3.42. The number of hydrogen-bond acceptors (Lipinski definition) is 5. The number of benzene rings is 1. The zero-order valence-electron chi connectivity index (χ0n) is 9.41. The molecule has 8 heteroatoms. The highest BCUT2D eigenvalue weighted by Gasteiger charge is 2.17. The highest BCUT2D eigenvalue weighted by Crippen LogP contribution is 2.17. The number of nitrogens with zero attached hydrogens (tertiary/aromatic N) is 3. The lowest BCUT2D eigenvalue weighted by Crippen LogP contribution is -2.15. The van der Waals surface area contributed by atoms with Gasteiger partial charge in [0, 0.05) is 18.3 Å². The molecule has 0 bridgehead atoms. The summed E-state index contributed by atoms with van der Waals surface area (Å²) in [6, 6.07) is 5.70. The molecule has 2 aromatic rings. The van der Waals surface area contributed by atoms with Gasteiger partial charge in [0.2, 0.25) is 0 Å². The monoisotopic (exact) mass is 262 g/mol. The van der Waals surface area contributed by atoms with Crippen LogP contribution in [0, 0.1) is 15.9 Å². The second-order valence-corrected chi connectivity index (χ2v) is 3.48. The van der Waals surface area contributed by atoms with E-state index in [0.29, 0.717) is 0 Å². The average molecular weight is 262 g/mol. The molecule has 0 saturated carbocycles. The van der Waals surface area contributed by atoms with Crippen molar-refractivity contribution < 1.29 is 14.1 Å². The number of amides is 1. The van der Waals surface area contributed by atoms with Crippen molar-refractivity contribution in [2.45, 2.75) is 0 Å². The number of anilines is 1. The Labute approximate surface area is 106 Å². The number of nitrogens with one attached hydrogen (secondary N) is 1. The van der Waals surface area contributed by atoms with Gasteiger partial charge in [0.05, 0.1) is 10.5 Å². The molecule has 19 heavy (non-hydrogen) atoms. The molecule has 0 aliphatic rings. The molecule has 0 aliphatic heterocycles. The predicted molar refractivity (Wildman–Crippen MR) is 63.0 cm³/mol. The number of carbonyl (C=O) groups is 1. The van der Waals surface area contributed by atoms with Gasteiger partial charge in [0.25, 0.3) is 11.6 Å². The van der Waals surface area contributed by atoms with Gasteiger partial charge in [-0.2, -0.15) is 5.10 Å². The van der Waals surface area contributed by atoms with Crippen molar-refractivity contribution in [2.75, 3.05) is 5.32 Å². The van der Waals surface area contributed by atoms with E-state index in [-0.39, 0.29) is 11.5 Å². The van der Waals surface area contributed by atoms with Crippen LogP contribution in [0.2, 0.25) is 0 Å². The number of halogens is 1. The van der Waals surface area contributed by atoms with Crippen LogP contribution < -0.4 is 5.32 Å². The molecular formula is C11H7FN4O3. The van der Waals surface area contributed by atoms with E-state index in [1.165, 1.54) is 18.3 Å². The van der Waals surface area contributed by atoms with Gasteiger partial charge in [-0.1, -0.05) is 0 Å². The third-order valence-corrected chi connectivity index (χ3v) is 2.22. The molecule has 1 amide bonds. The van der Waals surface area contributed by atoms with E-state index in [2.05, 4.69) is 15.5 Å². The Morgan fingerprint density at radius 1 is 1.37 bits per heavy atom. The summed E-state index contributed by atoms with van der Waals surface area (Å²) >= 11 is 0. The van der Waals surface area contributed by atoms with Gasteiger partial charge in [-0.3, -0.25) is 14.9 Å². The second kappa shape index (κ2) is 5.17. The topological polar surface area (TPSA) is 98.0 Å². The minimum absolute atomic E-state index is 0.124. The van der Waals surface area contributed by atoms with Crippen molar-refractivity contribution in [1.29, 1.82) is 0 Å². The molecular weight excluding hydrogens is 255 g/mol. The van der Waals surface area contributed by atoms with E-state index >= 15 is 0 Å². The van der Waals surface area contributed by atoms with E-state index in [1.54, 1.807) is 0 Å². The Morgan fingerprint density at radius 3 is 2.79 bits per heavy atom. The number of hydrogen-bond donors (Lipinski definition) is 1. The second-order valence-electron chi connectivity index (χ2n) is 3.48. The summed E-state index contributed by atoms with van der Waals surface area (Å²) in [5, 5.41) is 20.0. The molecule has 7 nitrogen and oxygen atoms in total. The van der Waals surface area contributed by atoms with Crippen LogP contribution in [0.5, 0.6) is 0 Å². The van der Waals surface area contributed by atoms with E-state index < -0.39 is 22.2 Å². The fraction of sp³-hybridized carbons (Fsp3) is 0. The lowest BCUT2D eigenvalue weighted by atomic mass is 10.1.